The number of nitrogens with zero attached hydrogens (tertiary/aromatic N) is 1. The number of fused-ring (bicyclic) bond motifs is 1. The van der Waals surface area contributed by atoms with E-state index in [2.05, 4.69) is 4.57 Å². The first kappa shape index (κ1) is 18.3. The second kappa shape index (κ2) is 7.83. The number of methoxy groups -OCH3 is 1. The maximum Gasteiger partial charge on any atom is 0.310 e. The van der Waals surface area contributed by atoms with Crippen LogP contribution in [0.2, 0.25) is 5.02 Å². The van der Waals surface area contributed by atoms with Crippen LogP contribution < -0.4 is 4.74 Å². The monoisotopic (exact) mass is 371 g/mol. The highest BCUT2D eigenvalue weighted by atomic mass is 35.5. The topological polar surface area (TPSA) is 40.5 Å². The van der Waals surface area contributed by atoms with Crippen LogP contribution in [0.5, 0.6) is 5.75 Å². The summed E-state index contributed by atoms with van der Waals surface area (Å²) in [6, 6.07) is 13.8. The Kier molecular flexibility index (Phi) is 5.52. The van der Waals surface area contributed by atoms with Gasteiger partial charge in [0.15, 0.2) is 0 Å². The van der Waals surface area contributed by atoms with Crippen molar-refractivity contribution in [1.29, 1.82) is 0 Å². The second-order valence-electron chi connectivity index (χ2n) is 6.14. The van der Waals surface area contributed by atoms with Gasteiger partial charge in [-0.2, -0.15) is 0 Å². The van der Waals surface area contributed by atoms with Crippen molar-refractivity contribution < 1.29 is 14.3 Å². The molecule has 3 aromatic rings. The third-order valence-electron chi connectivity index (χ3n) is 4.54. The second-order valence-corrected chi connectivity index (χ2v) is 6.58. The number of benzene rings is 2. The Morgan fingerprint density at radius 2 is 1.88 bits per heavy atom. The minimum absolute atomic E-state index is 0.219. The van der Waals surface area contributed by atoms with Gasteiger partial charge in [-0.05, 0) is 55.3 Å². The quantitative estimate of drug-likeness (QED) is 0.586. The zero-order valence-electron chi connectivity index (χ0n) is 15.2. The van der Waals surface area contributed by atoms with Crippen LogP contribution in [-0.2, 0) is 22.5 Å². The maximum absolute atomic E-state index is 12.1. The van der Waals surface area contributed by atoms with Gasteiger partial charge in [-0.1, -0.05) is 23.7 Å². The van der Waals surface area contributed by atoms with Crippen LogP contribution in [0.15, 0.2) is 42.5 Å². The van der Waals surface area contributed by atoms with Crippen LogP contribution in [-0.4, -0.2) is 24.3 Å². The molecule has 5 heteroatoms. The lowest BCUT2D eigenvalue weighted by Crippen LogP contribution is -2.09. The Morgan fingerprint density at radius 1 is 1.15 bits per heavy atom. The van der Waals surface area contributed by atoms with Crippen molar-refractivity contribution in [2.75, 3.05) is 13.7 Å². The standard InChI is InChI=1S/C21H22ClNO3/c1-4-26-21(24)12-18-14(2)23(13-15-5-7-16(22)8-6-15)20-10-9-17(25-3)11-19(18)20/h5-11H,4,12-13H2,1-3H3. The van der Waals surface area contributed by atoms with E-state index in [1.165, 1.54) is 0 Å². The summed E-state index contributed by atoms with van der Waals surface area (Å²) in [6.07, 6.45) is 0.247. The highest BCUT2D eigenvalue weighted by Crippen LogP contribution is 2.31. The molecule has 0 amide bonds. The Bertz CT molecular complexity index is 929. The fourth-order valence-electron chi connectivity index (χ4n) is 3.21. The van der Waals surface area contributed by atoms with Gasteiger partial charge in [-0.15, -0.1) is 0 Å². The van der Waals surface area contributed by atoms with Crippen molar-refractivity contribution in [3.63, 3.8) is 0 Å². The summed E-state index contributed by atoms with van der Waals surface area (Å²) in [4.78, 5) is 12.1. The lowest BCUT2D eigenvalue weighted by atomic mass is 10.1. The summed E-state index contributed by atoms with van der Waals surface area (Å²) >= 11 is 5.99. The molecule has 0 saturated carbocycles. The number of aromatic nitrogens is 1. The highest BCUT2D eigenvalue weighted by Gasteiger charge is 2.18. The lowest BCUT2D eigenvalue weighted by molar-refractivity contribution is -0.142. The molecule has 0 fully saturated rings. The summed E-state index contributed by atoms with van der Waals surface area (Å²) in [6.45, 7) is 4.94. The van der Waals surface area contributed by atoms with Gasteiger partial charge in [-0.3, -0.25) is 4.79 Å². The molecule has 0 saturated heterocycles. The van der Waals surface area contributed by atoms with Crippen LogP contribution in [0, 0.1) is 6.92 Å². The van der Waals surface area contributed by atoms with E-state index in [0.717, 1.165) is 38.5 Å². The molecular formula is C21H22ClNO3. The highest BCUT2D eigenvalue weighted by molar-refractivity contribution is 6.30. The van der Waals surface area contributed by atoms with Crippen molar-refractivity contribution >= 4 is 28.5 Å². The molecule has 26 heavy (non-hydrogen) atoms. The fraction of sp³-hybridized carbons (Fsp3) is 0.286. The average molecular weight is 372 g/mol. The molecule has 0 atom stereocenters. The van der Waals surface area contributed by atoms with Crippen LogP contribution in [0.3, 0.4) is 0 Å². The predicted molar refractivity (Wildman–Crippen MR) is 104 cm³/mol. The van der Waals surface area contributed by atoms with Gasteiger partial charge < -0.3 is 14.0 Å². The van der Waals surface area contributed by atoms with E-state index < -0.39 is 0 Å². The van der Waals surface area contributed by atoms with E-state index >= 15 is 0 Å². The average Bonchev–Trinajstić information content (AvgIpc) is 2.89. The van der Waals surface area contributed by atoms with Crippen molar-refractivity contribution in [3.8, 4) is 5.75 Å². The molecule has 2 aromatic carbocycles. The predicted octanol–water partition coefficient (Wildman–Crippen LogP) is 4.77. The van der Waals surface area contributed by atoms with Crippen molar-refractivity contribution in [1.82, 2.24) is 4.57 Å². The zero-order valence-corrected chi connectivity index (χ0v) is 16.0. The number of hydrogen-bond donors (Lipinski definition) is 0. The molecule has 0 spiro atoms. The van der Waals surface area contributed by atoms with Gasteiger partial charge in [0, 0.05) is 28.2 Å². The van der Waals surface area contributed by atoms with E-state index in [0.29, 0.717) is 13.2 Å². The lowest BCUT2D eigenvalue weighted by Gasteiger charge is -2.09. The summed E-state index contributed by atoms with van der Waals surface area (Å²) < 4.78 is 12.7. The summed E-state index contributed by atoms with van der Waals surface area (Å²) in [5, 5.41) is 1.74. The smallest absolute Gasteiger partial charge is 0.310 e. The van der Waals surface area contributed by atoms with Crippen LogP contribution in [0.4, 0.5) is 0 Å². The number of rotatable bonds is 6. The van der Waals surface area contributed by atoms with E-state index in [1.807, 2.05) is 56.3 Å². The SMILES string of the molecule is CCOC(=O)Cc1c(C)n(Cc2ccc(Cl)cc2)c2ccc(OC)cc12. The molecule has 3 rings (SSSR count). The normalized spacial score (nSPS) is 10.9. The molecule has 136 valence electrons. The van der Waals surface area contributed by atoms with E-state index in [1.54, 1.807) is 7.11 Å². The van der Waals surface area contributed by atoms with Crippen LogP contribution in [0.1, 0.15) is 23.7 Å². The molecular weight excluding hydrogens is 350 g/mol. The minimum atomic E-state index is -0.219. The molecule has 0 aliphatic rings. The van der Waals surface area contributed by atoms with Crippen LogP contribution >= 0.6 is 11.6 Å². The van der Waals surface area contributed by atoms with Crippen molar-refractivity contribution in [2.24, 2.45) is 0 Å². The Hall–Kier alpha value is -2.46. The summed E-state index contributed by atoms with van der Waals surface area (Å²) in [7, 11) is 1.64. The Labute approximate surface area is 158 Å². The van der Waals surface area contributed by atoms with Crippen LogP contribution in [0.25, 0.3) is 10.9 Å². The molecule has 0 aliphatic heterocycles. The van der Waals surface area contributed by atoms with Gasteiger partial charge in [0.1, 0.15) is 5.75 Å². The molecule has 0 unspecified atom stereocenters. The zero-order chi connectivity index (χ0) is 18.7. The number of halogens is 1. The van der Waals surface area contributed by atoms with Gasteiger partial charge in [0.25, 0.3) is 0 Å². The van der Waals surface area contributed by atoms with Gasteiger partial charge in [-0.25, -0.2) is 0 Å². The molecule has 0 aliphatic carbocycles. The first-order valence-corrected chi connectivity index (χ1v) is 8.97. The van der Waals surface area contributed by atoms with E-state index in [4.69, 9.17) is 21.1 Å². The largest absolute Gasteiger partial charge is 0.497 e. The number of esters is 1. The van der Waals surface area contributed by atoms with Gasteiger partial charge in [0.05, 0.1) is 20.1 Å². The molecule has 4 nitrogen and oxygen atoms in total. The molecule has 0 N–H and O–H groups in total. The van der Waals surface area contributed by atoms with Crippen molar-refractivity contribution in [3.05, 3.63) is 64.3 Å². The summed E-state index contributed by atoms with van der Waals surface area (Å²) in [5.74, 6) is 0.551. The first-order chi connectivity index (χ1) is 12.5. The van der Waals surface area contributed by atoms with Gasteiger partial charge in [0.2, 0.25) is 0 Å². The number of carbonyl (C=O) groups excluding carboxylic acids is 1. The number of ether oxygens (including phenoxy) is 2. The number of hydrogen-bond acceptors (Lipinski definition) is 3. The maximum atomic E-state index is 12.1. The van der Waals surface area contributed by atoms with E-state index in [9.17, 15) is 4.79 Å². The molecule has 0 bridgehead atoms. The summed E-state index contributed by atoms with van der Waals surface area (Å²) in [5.41, 5.74) is 4.24. The first-order valence-electron chi connectivity index (χ1n) is 8.59. The Balaban J connectivity index is 2.08. The number of carbonyl (C=O) groups is 1. The third-order valence-corrected chi connectivity index (χ3v) is 4.79. The van der Waals surface area contributed by atoms with E-state index in [-0.39, 0.29) is 12.4 Å². The third kappa shape index (κ3) is 3.70. The molecule has 1 aromatic heterocycles. The molecule has 0 radical (unpaired) electrons. The Morgan fingerprint density at radius 3 is 2.54 bits per heavy atom. The van der Waals surface area contributed by atoms with Gasteiger partial charge >= 0.3 is 5.97 Å². The van der Waals surface area contributed by atoms with Crippen molar-refractivity contribution in [2.45, 2.75) is 26.8 Å². The fourth-order valence-corrected chi connectivity index (χ4v) is 3.34. The minimum Gasteiger partial charge on any atom is -0.497 e. The molecule has 1 heterocycles.